The average Bonchev–Trinajstić information content (AvgIpc) is 2.49. The number of hydrogen-bond donors (Lipinski definition) is 2. The number of hydrogen-bond acceptors (Lipinski definition) is 3. The Morgan fingerprint density at radius 3 is 2.86 bits per heavy atom. The molecule has 1 amide bonds. The van der Waals surface area contributed by atoms with Crippen molar-refractivity contribution >= 4 is 38.4 Å². The van der Waals surface area contributed by atoms with Gasteiger partial charge in [-0.05, 0) is 30.3 Å². The smallest absolute Gasteiger partial charge is 0.272 e. The number of carbonyl (C=O) groups is 1. The van der Waals surface area contributed by atoms with E-state index in [1.54, 1.807) is 36.5 Å². The van der Waals surface area contributed by atoms with Crippen LogP contribution in [0.15, 0.2) is 58.1 Å². The molecule has 0 bridgehead atoms. The molecule has 0 radical (unpaired) electrons. The Hall–Kier alpha value is -2.47. The standard InChI is InChI=1S/C15H10BrN3O2/c16-9-3-4-12-11(6-9)14(20)7-13(19-12)15(21)18-10-2-1-5-17-8-10/h1-8H,(H,18,21)(H,19,20). The van der Waals surface area contributed by atoms with Crippen molar-refractivity contribution in [1.29, 1.82) is 0 Å². The lowest BCUT2D eigenvalue weighted by atomic mass is 10.2. The molecule has 2 heterocycles. The van der Waals surface area contributed by atoms with E-state index in [1.807, 2.05) is 0 Å². The van der Waals surface area contributed by atoms with Gasteiger partial charge in [0.2, 0.25) is 0 Å². The minimum absolute atomic E-state index is 0.207. The summed E-state index contributed by atoms with van der Waals surface area (Å²) in [4.78, 5) is 31.1. The lowest BCUT2D eigenvalue weighted by Crippen LogP contribution is -2.17. The summed E-state index contributed by atoms with van der Waals surface area (Å²) < 4.78 is 0.813. The molecule has 0 unspecified atom stereocenters. The number of aromatic amines is 1. The summed E-state index contributed by atoms with van der Waals surface area (Å²) in [5.41, 5.74) is 1.18. The molecule has 1 aromatic carbocycles. The zero-order chi connectivity index (χ0) is 14.8. The van der Waals surface area contributed by atoms with Crippen LogP contribution in [0.4, 0.5) is 5.69 Å². The van der Waals surface area contributed by atoms with Gasteiger partial charge in [0.25, 0.3) is 5.91 Å². The maximum Gasteiger partial charge on any atom is 0.272 e. The van der Waals surface area contributed by atoms with Gasteiger partial charge in [-0.3, -0.25) is 14.6 Å². The van der Waals surface area contributed by atoms with E-state index in [0.717, 1.165) is 4.47 Å². The molecule has 0 atom stereocenters. The molecule has 21 heavy (non-hydrogen) atoms. The van der Waals surface area contributed by atoms with Crippen molar-refractivity contribution in [3.63, 3.8) is 0 Å². The zero-order valence-corrected chi connectivity index (χ0v) is 12.3. The second-order valence-corrected chi connectivity index (χ2v) is 5.35. The van der Waals surface area contributed by atoms with Crippen LogP contribution in [-0.2, 0) is 0 Å². The molecule has 3 rings (SSSR count). The molecule has 2 N–H and O–H groups in total. The molecule has 5 nitrogen and oxygen atoms in total. The first-order chi connectivity index (χ1) is 10.1. The summed E-state index contributed by atoms with van der Waals surface area (Å²) in [7, 11) is 0. The number of fused-ring (bicyclic) bond motifs is 1. The maximum absolute atomic E-state index is 12.2. The molecule has 2 aromatic heterocycles. The van der Waals surface area contributed by atoms with Crippen molar-refractivity contribution in [3.8, 4) is 0 Å². The van der Waals surface area contributed by atoms with E-state index < -0.39 is 0 Å². The first-order valence-corrected chi connectivity index (χ1v) is 6.97. The lowest BCUT2D eigenvalue weighted by Gasteiger charge is -2.06. The SMILES string of the molecule is O=C(Nc1cccnc1)c1cc(=O)c2cc(Br)ccc2[nH]1. The molecule has 6 heteroatoms. The minimum Gasteiger partial charge on any atom is -0.350 e. The van der Waals surface area contributed by atoms with Crippen molar-refractivity contribution in [2.75, 3.05) is 5.32 Å². The van der Waals surface area contributed by atoms with Crippen LogP contribution in [0.25, 0.3) is 10.9 Å². The highest BCUT2D eigenvalue weighted by atomic mass is 79.9. The second kappa shape index (κ2) is 5.49. The van der Waals surface area contributed by atoms with Crippen LogP contribution in [-0.4, -0.2) is 15.9 Å². The molecule has 0 fully saturated rings. The molecule has 0 saturated heterocycles. The average molecular weight is 344 g/mol. The first-order valence-electron chi connectivity index (χ1n) is 6.17. The third-order valence-electron chi connectivity index (χ3n) is 2.96. The zero-order valence-electron chi connectivity index (χ0n) is 10.8. The number of benzene rings is 1. The highest BCUT2D eigenvalue weighted by Gasteiger charge is 2.10. The number of amides is 1. The Labute approximate surface area is 128 Å². The molecule has 3 aromatic rings. The number of nitrogens with one attached hydrogen (secondary N) is 2. The van der Waals surface area contributed by atoms with Crippen molar-refractivity contribution in [2.45, 2.75) is 0 Å². The van der Waals surface area contributed by atoms with Crippen molar-refractivity contribution in [2.24, 2.45) is 0 Å². The number of nitrogens with zero attached hydrogens (tertiary/aromatic N) is 1. The summed E-state index contributed by atoms with van der Waals surface area (Å²) in [6, 6.07) is 10.0. The molecular weight excluding hydrogens is 334 g/mol. The number of H-pyrrole nitrogens is 1. The summed E-state index contributed by atoms with van der Waals surface area (Å²) in [6.07, 6.45) is 3.15. The Balaban J connectivity index is 1.99. The predicted octanol–water partition coefficient (Wildman–Crippen LogP) is 2.94. The first kappa shape index (κ1) is 13.5. The van der Waals surface area contributed by atoms with Crippen LogP contribution in [0.3, 0.4) is 0 Å². The van der Waals surface area contributed by atoms with Crippen molar-refractivity contribution in [1.82, 2.24) is 9.97 Å². The van der Waals surface area contributed by atoms with Gasteiger partial charge in [0.15, 0.2) is 5.43 Å². The maximum atomic E-state index is 12.2. The van der Waals surface area contributed by atoms with Gasteiger partial charge in [0, 0.05) is 27.6 Å². The topological polar surface area (TPSA) is 74.8 Å². The number of aromatic nitrogens is 2. The monoisotopic (exact) mass is 343 g/mol. The van der Waals surface area contributed by atoms with Gasteiger partial charge in [-0.1, -0.05) is 15.9 Å². The van der Waals surface area contributed by atoms with Crippen molar-refractivity contribution < 1.29 is 4.79 Å². The van der Waals surface area contributed by atoms with Gasteiger partial charge < -0.3 is 10.3 Å². The van der Waals surface area contributed by atoms with Crippen LogP contribution in [0.1, 0.15) is 10.5 Å². The number of halogens is 1. The van der Waals surface area contributed by atoms with E-state index >= 15 is 0 Å². The molecule has 104 valence electrons. The van der Waals surface area contributed by atoms with Gasteiger partial charge in [0.1, 0.15) is 5.69 Å². The Bertz CT molecular complexity index is 875. The fraction of sp³-hybridized carbons (Fsp3) is 0. The Kier molecular flexibility index (Phi) is 3.53. The van der Waals surface area contributed by atoms with Crippen LogP contribution in [0, 0.1) is 0 Å². The second-order valence-electron chi connectivity index (χ2n) is 4.43. The molecule has 0 spiro atoms. The summed E-state index contributed by atoms with van der Waals surface area (Å²) in [5.74, 6) is -0.384. The summed E-state index contributed by atoms with van der Waals surface area (Å²) in [6.45, 7) is 0. The van der Waals surface area contributed by atoms with E-state index in [4.69, 9.17) is 0 Å². The lowest BCUT2D eigenvalue weighted by molar-refractivity contribution is 0.102. The highest BCUT2D eigenvalue weighted by molar-refractivity contribution is 9.10. The number of pyridine rings is 2. The van der Waals surface area contributed by atoms with E-state index in [1.165, 1.54) is 12.3 Å². The van der Waals surface area contributed by atoms with Gasteiger partial charge >= 0.3 is 0 Å². The van der Waals surface area contributed by atoms with Gasteiger partial charge in [0.05, 0.1) is 11.9 Å². The Morgan fingerprint density at radius 1 is 1.24 bits per heavy atom. The fourth-order valence-electron chi connectivity index (χ4n) is 1.98. The quantitative estimate of drug-likeness (QED) is 0.751. The van der Waals surface area contributed by atoms with Crippen LogP contribution < -0.4 is 10.7 Å². The van der Waals surface area contributed by atoms with Crippen LogP contribution in [0.5, 0.6) is 0 Å². The molecule has 0 aliphatic carbocycles. The fourth-order valence-corrected chi connectivity index (χ4v) is 2.34. The number of rotatable bonds is 2. The van der Waals surface area contributed by atoms with Crippen molar-refractivity contribution in [3.05, 3.63) is 69.2 Å². The summed E-state index contributed by atoms with van der Waals surface area (Å²) >= 11 is 3.32. The highest BCUT2D eigenvalue weighted by Crippen LogP contribution is 2.16. The van der Waals surface area contributed by atoms with E-state index in [0.29, 0.717) is 16.6 Å². The third-order valence-corrected chi connectivity index (χ3v) is 3.45. The minimum atomic E-state index is -0.384. The summed E-state index contributed by atoms with van der Waals surface area (Å²) in [5, 5.41) is 3.21. The van der Waals surface area contributed by atoms with Crippen LogP contribution >= 0.6 is 15.9 Å². The van der Waals surface area contributed by atoms with Gasteiger partial charge in [-0.2, -0.15) is 0 Å². The molecular formula is C15H10BrN3O2. The number of carbonyl (C=O) groups excluding carboxylic acids is 1. The van der Waals surface area contributed by atoms with Gasteiger partial charge in [-0.25, -0.2) is 0 Å². The van der Waals surface area contributed by atoms with E-state index in [9.17, 15) is 9.59 Å². The number of anilines is 1. The van der Waals surface area contributed by atoms with Gasteiger partial charge in [-0.15, -0.1) is 0 Å². The van der Waals surface area contributed by atoms with Crippen LogP contribution in [0.2, 0.25) is 0 Å². The Morgan fingerprint density at radius 2 is 2.10 bits per heavy atom. The molecule has 0 aliphatic rings. The van der Waals surface area contributed by atoms with E-state index in [-0.39, 0.29) is 17.0 Å². The predicted molar refractivity (Wildman–Crippen MR) is 84.5 cm³/mol. The molecule has 0 aliphatic heterocycles. The molecule has 0 saturated carbocycles. The third kappa shape index (κ3) is 2.85. The normalized spacial score (nSPS) is 10.5. The van der Waals surface area contributed by atoms with E-state index in [2.05, 4.69) is 31.2 Å². The largest absolute Gasteiger partial charge is 0.350 e.